The summed E-state index contributed by atoms with van der Waals surface area (Å²) >= 11 is 12.4. The van der Waals surface area contributed by atoms with Crippen LogP contribution in [0.15, 0.2) is 35.3 Å². The Bertz CT molecular complexity index is 855. The topological polar surface area (TPSA) is 47.4 Å². The molecule has 150 valence electrons. The molecule has 2 aromatic rings. The Morgan fingerprint density at radius 3 is 2.25 bits per heavy atom. The molecule has 0 unspecified atom stereocenters. The molecular weight excluding hydrogens is 397 g/mol. The lowest BCUT2D eigenvalue weighted by molar-refractivity contribution is -0.0395. The van der Waals surface area contributed by atoms with Crippen molar-refractivity contribution < 1.29 is 4.74 Å². The van der Waals surface area contributed by atoms with Crippen LogP contribution >= 0.6 is 23.2 Å². The maximum atomic E-state index is 12.7. The van der Waals surface area contributed by atoms with E-state index in [1.165, 1.54) is 36.8 Å². The van der Waals surface area contributed by atoms with E-state index in [1.54, 1.807) is 30.5 Å². The number of hydrogen-bond acceptors (Lipinski definition) is 4. The summed E-state index contributed by atoms with van der Waals surface area (Å²) in [7, 11) is 0. The van der Waals surface area contributed by atoms with Crippen LogP contribution < -0.4 is 10.5 Å². The van der Waals surface area contributed by atoms with Crippen molar-refractivity contribution >= 4 is 28.9 Å². The number of piperidine rings is 1. The van der Waals surface area contributed by atoms with Crippen molar-refractivity contribution in [2.45, 2.75) is 57.2 Å². The fraction of sp³-hybridized carbons (Fsp3) is 0.524. The highest BCUT2D eigenvalue weighted by molar-refractivity contribution is 6.33. The normalized spacial score (nSPS) is 19.1. The summed E-state index contributed by atoms with van der Waals surface area (Å²) < 4.78 is 7.61. The molecule has 7 heteroatoms. The highest BCUT2D eigenvalue weighted by Gasteiger charge is 2.26. The van der Waals surface area contributed by atoms with Crippen LogP contribution in [0.1, 0.15) is 44.9 Å². The summed E-state index contributed by atoms with van der Waals surface area (Å²) in [5, 5.41) is 5.14. The molecule has 0 bridgehead atoms. The Morgan fingerprint density at radius 2 is 1.57 bits per heavy atom. The Morgan fingerprint density at radius 1 is 0.929 bits per heavy atom. The molecule has 0 spiro atoms. The Balaban J connectivity index is 1.43. The van der Waals surface area contributed by atoms with Crippen molar-refractivity contribution in [3.63, 3.8) is 0 Å². The van der Waals surface area contributed by atoms with Crippen molar-refractivity contribution in [1.82, 2.24) is 9.78 Å². The van der Waals surface area contributed by atoms with Crippen LogP contribution in [-0.2, 0) is 4.74 Å². The second-order valence-electron chi connectivity index (χ2n) is 7.62. The molecule has 0 N–H and O–H groups in total. The fourth-order valence-corrected chi connectivity index (χ4v) is 4.49. The number of aromatic nitrogens is 2. The van der Waals surface area contributed by atoms with Gasteiger partial charge in [0.15, 0.2) is 0 Å². The molecule has 4 rings (SSSR count). The zero-order valence-electron chi connectivity index (χ0n) is 15.8. The largest absolute Gasteiger partial charge is 0.375 e. The third-order valence-electron chi connectivity index (χ3n) is 5.69. The van der Waals surface area contributed by atoms with Crippen LogP contribution in [0.2, 0.25) is 10.0 Å². The molecular formula is C21H25Cl2N3O2. The van der Waals surface area contributed by atoms with Crippen molar-refractivity contribution in [2.75, 3.05) is 18.0 Å². The third kappa shape index (κ3) is 4.37. The van der Waals surface area contributed by atoms with Gasteiger partial charge in [0.1, 0.15) is 5.02 Å². The van der Waals surface area contributed by atoms with E-state index in [0.29, 0.717) is 28.6 Å². The molecule has 5 nitrogen and oxygen atoms in total. The molecule has 2 aliphatic rings. The number of ether oxygens (including phenoxy) is 1. The van der Waals surface area contributed by atoms with Crippen molar-refractivity contribution in [3.8, 4) is 5.69 Å². The fourth-order valence-electron chi connectivity index (χ4n) is 4.12. The van der Waals surface area contributed by atoms with E-state index in [9.17, 15) is 4.79 Å². The SMILES string of the molecule is O=c1c(Cl)c(N2CCC(OC3CCCCC3)CC2)cnn1-c1ccc(Cl)cc1. The highest BCUT2D eigenvalue weighted by atomic mass is 35.5. The van der Waals surface area contributed by atoms with E-state index in [1.807, 2.05) is 0 Å². The first kappa shape index (κ1) is 19.7. The summed E-state index contributed by atoms with van der Waals surface area (Å²) in [6.07, 6.45) is 10.6. The molecule has 1 aliphatic carbocycles. The minimum Gasteiger partial charge on any atom is -0.375 e. The van der Waals surface area contributed by atoms with Gasteiger partial charge in [-0.25, -0.2) is 0 Å². The van der Waals surface area contributed by atoms with Gasteiger partial charge in [-0.15, -0.1) is 0 Å². The van der Waals surface area contributed by atoms with Crippen molar-refractivity contribution in [2.24, 2.45) is 0 Å². The first-order valence-electron chi connectivity index (χ1n) is 10.1. The van der Waals surface area contributed by atoms with Gasteiger partial charge < -0.3 is 9.64 Å². The minimum atomic E-state index is -0.318. The van der Waals surface area contributed by atoms with Crippen molar-refractivity contribution in [1.29, 1.82) is 0 Å². The zero-order valence-corrected chi connectivity index (χ0v) is 17.3. The van der Waals surface area contributed by atoms with Crippen LogP contribution in [0.5, 0.6) is 0 Å². The maximum absolute atomic E-state index is 12.7. The van der Waals surface area contributed by atoms with Crippen LogP contribution in [0.4, 0.5) is 5.69 Å². The van der Waals surface area contributed by atoms with E-state index >= 15 is 0 Å². The van der Waals surface area contributed by atoms with Crippen LogP contribution in [0, 0.1) is 0 Å². The maximum Gasteiger partial charge on any atom is 0.292 e. The highest BCUT2D eigenvalue weighted by Crippen LogP contribution is 2.28. The monoisotopic (exact) mass is 421 g/mol. The second-order valence-corrected chi connectivity index (χ2v) is 8.43. The van der Waals surface area contributed by atoms with Gasteiger partial charge in [0.05, 0.1) is 29.8 Å². The second kappa shape index (κ2) is 8.85. The molecule has 1 aliphatic heterocycles. The molecule has 0 atom stereocenters. The van der Waals surface area contributed by atoms with Gasteiger partial charge in [-0.1, -0.05) is 42.5 Å². The predicted molar refractivity (Wildman–Crippen MR) is 113 cm³/mol. The van der Waals surface area contributed by atoms with Crippen LogP contribution in [0.3, 0.4) is 0 Å². The Hall–Kier alpha value is -1.56. The molecule has 0 amide bonds. The first-order valence-corrected chi connectivity index (χ1v) is 10.8. The molecule has 1 saturated heterocycles. The van der Waals surface area contributed by atoms with Gasteiger partial charge in [-0.3, -0.25) is 4.79 Å². The summed E-state index contributed by atoms with van der Waals surface area (Å²) in [5.74, 6) is 0. The number of anilines is 1. The first-order chi connectivity index (χ1) is 13.6. The lowest BCUT2D eigenvalue weighted by Crippen LogP contribution is -2.40. The average Bonchev–Trinajstić information content (AvgIpc) is 2.72. The third-order valence-corrected chi connectivity index (χ3v) is 6.30. The average molecular weight is 422 g/mol. The molecule has 2 heterocycles. The van der Waals surface area contributed by atoms with E-state index in [4.69, 9.17) is 27.9 Å². The Labute approximate surface area is 175 Å². The summed E-state index contributed by atoms with van der Waals surface area (Å²) in [4.78, 5) is 14.9. The van der Waals surface area contributed by atoms with E-state index < -0.39 is 0 Å². The van der Waals surface area contributed by atoms with Gasteiger partial charge in [0.2, 0.25) is 0 Å². The van der Waals surface area contributed by atoms with Gasteiger partial charge in [0.25, 0.3) is 5.56 Å². The quantitative estimate of drug-likeness (QED) is 0.706. The van der Waals surface area contributed by atoms with E-state index in [2.05, 4.69) is 10.00 Å². The summed E-state index contributed by atoms with van der Waals surface area (Å²) in [6, 6.07) is 6.95. The molecule has 2 fully saturated rings. The molecule has 1 aromatic carbocycles. The summed E-state index contributed by atoms with van der Waals surface area (Å²) in [5.41, 5.74) is 1.03. The van der Waals surface area contributed by atoms with Gasteiger partial charge in [-0.2, -0.15) is 9.78 Å². The molecule has 1 aromatic heterocycles. The van der Waals surface area contributed by atoms with Crippen LogP contribution in [-0.4, -0.2) is 35.1 Å². The van der Waals surface area contributed by atoms with E-state index in [-0.39, 0.29) is 10.6 Å². The molecule has 1 saturated carbocycles. The number of benzene rings is 1. The van der Waals surface area contributed by atoms with E-state index in [0.717, 1.165) is 25.9 Å². The smallest absolute Gasteiger partial charge is 0.292 e. The number of hydrogen-bond donors (Lipinski definition) is 0. The lowest BCUT2D eigenvalue weighted by atomic mass is 9.97. The van der Waals surface area contributed by atoms with Gasteiger partial charge >= 0.3 is 0 Å². The van der Waals surface area contributed by atoms with Gasteiger partial charge in [-0.05, 0) is 49.9 Å². The lowest BCUT2D eigenvalue weighted by Gasteiger charge is -2.36. The van der Waals surface area contributed by atoms with Gasteiger partial charge in [0, 0.05) is 18.1 Å². The number of halogens is 2. The minimum absolute atomic E-state index is 0.205. The predicted octanol–water partition coefficient (Wildman–Crippen LogP) is 4.86. The molecule has 28 heavy (non-hydrogen) atoms. The Kier molecular flexibility index (Phi) is 6.24. The number of rotatable bonds is 4. The zero-order chi connectivity index (χ0) is 19.5. The number of nitrogens with zero attached hydrogens (tertiary/aromatic N) is 3. The summed E-state index contributed by atoms with van der Waals surface area (Å²) in [6.45, 7) is 1.65. The van der Waals surface area contributed by atoms with Crippen molar-refractivity contribution in [3.05, 3.63) is 50.9 Å². The standard InChI is InChI=1S/C21H25Cl2N3O2/c22-15-6-8-16(9-7-15)26-21(27)20(23)19(14-24-26)25-12-10-18(11-13-25)28-17-4-2-1-3-5-17/h6-9,14,17-18H,1-5,10-13H2. The van der Waals surface area contributed by atoms with Crippen LogP contribution in [0.25, 0.3) is 5.69 Å². The molecule has 0 radical (unpaired) electrons.